The highest BCUT2D eigenvalue weighted by atomic mass is 16.5. The van der Waals surface area contributed by atoms with Gasteiger partial charge < -0.3 is 9.47 Å². The summed E-state index contributed by atoms with van der Waals surface area (Å²) >= 11 is 0. The molecule has 0 atom stereocenters. The average molecular weight is 423 g/mol. The highest BCUT2D eigenvalue weighted by Gasteiger charge is 2.14. The molecule has 0 saturated carbocycles. The molecule has 0 unspecified atom stereocenters. The predicted octanol–water partition coefficient (Wildman–Crippen LogP) is 6.56. The van der Waals surface area contributed by atoms with E-state index in [1.807, 2.05) is 91.9 Å². The number of pyridine rings is 2. The summed E-state index contributed by atoms with van der Waals surface area (Å²) in [6.45, 7) is 8.80. The lowest BCUT2D eigenvalue weighted by Crippen LogP contribution is -2.03. The fourth-order valence-corrected chi connectivity index (χ4v) is 3.55. The number of benzene rings is 2. The van der Waals surface area contributed by atoms with E-state index in [1.165, 1.54) is 0 Å². The molecule has 0 saturated heterocycles. The van der Waals surface area contributed by atoms with Gasteiger partial charge in [-0.3, -0.25) is 4.98 Å². The number of aryl methyl sites for hydroxylation is 2. The SMILES string of the molecule is C=Cc1c(C)cc(-c2ccc(OCc3ccccc3)nc2OCc2ccccc2)nc1C. The van der Waals surface area contributed by atoms with Gasteiger partial charge in [0, 0.05) is 11.8 Å². The van der Waals surface area contributed by atoms with E-state index < -0.39 is 0 Å². The van der Waals surface area contributed by atoms with Gasteiger partial charge in [-0.15, -0.1) is 0 Å². The highest BCUT2D eigenvalue weighted by Crippen LogP contribution is 2.32. The minimum Gasteiger partial charge on any atom is -0.473 e. The second kappa shape index (κ2) is 9.92. The largest absolute Gasteiger partial charge is 0.473 e. The summed E-state index contributed by atoms with van der Waals surface area (Å²) in [6, 6.07) is 25.9. The van der Waals surface area contributed by atoms with Crippen molar-refractivity contribution in [1.29, 1.82) is 0 Å². The Morgan fingerprint density at radius 3 is 2.00 bits per heavy atom. The molecule has 0 spiro atoms. The first-order chi connectivity index (χ1) is 15.6. The molecule has 4 rings (SSSR count). The molecule has 2 aromatic carbocycles. The molecule has 4 heteroatoms. The van der Waals surface area contributed by atoms with Crippen molar-refractivity contribution in [3.63, 3.8) is 0 Å². The van der Waals surface area contributed by atoms with Crippen molar-refractivity contribution >= 4 is 6.08 Å². The standard InChI is InChI=1S/C28H26N2O2/c1-4-24-20(2)17-26(29-21(24)3)25-15-16-27(31-18-22-11-7-5-8-12-22)30-28(25)32-19-23-13-9-6-10-14-23/h4-17H,1,18-19H2,2-3H3. The molecule has 0 aliphatic heterocycles. The topological polar surface area (TPSA) is 44.2 Å². The van der Waals surface area contributed by atoms with Crippen LogP contribution in [0.2, 0.25) is 0 Å². The van der Waals surface area contributed by atoms with Crippen LogP contribution >= 0.6 is 0 Å². The summed E-state index contributed by atoms with van der Waals surface area (Å²) in [5.74, 6) is 1.01. The Labute approximate surface area is 189 Å². The van der Waals surface area contributed by atoms with Gasteiger partial charge in [0.2, 0.25) is 11.8 Å². The summed E-state index contributed by atoms with van der Waals surface area (Å²) in [4.78, 5) is 9.46. The third-order valence-corrected chi connectivity index (χ3v) is 5.22. The van der Waals surface area contributed by atoms with Crippen LogP contribution < -0.4 is 9.47 Å². The third-order valence-electron chi connectivity index (χ3n) is 5.22. The average Bonchev–Trinajstić information content (AvgIpc) is 2.82. The Kier molecular flexibility index (Phi) is 6.61. The zero-order valence-corrected chi connectivity index (χ0v) is 18.4. The predicted molar refractivity (Wildman–Crippen MR) is 129 cm³/mol. The van der Waals surface area contributed by atoms with Gasteiger partial charge >= 0.3 is 0 Å². The Morgan fingerprint density at radius 1 is 0.781 bits per heavy atom. The van der Waals surface area contributed by atoms with Gasteiger partial charge in [0.15, 0.2) is 0 Å². The number of nitrogens with zero attached hydrogens (tertiary/aromatic N) is 2. The van der Waals surface area contributed by atoms with Crippen LogP contribution in [-0.2, 0) is 13.2 Å². The fourth-order valence-electron chi connectivity index (χ4n) is 3.55. The molecule has 160 valence electrons. The summed E-state index contributed by atoms with van der Waals surface area (Å²) < 4.78 is 12.1. The minimum absolute atomic E-state index is 0.408. The molecular weight excluding hydrogens is 396 g/mol. The molecule has 4 nitrogen and oxygen atoms in total. The van der Waals surface area contributed by atoms with Crippen molar-refractivity contribution in [2.24, 2.45) is 0 Å². The van der Waals surface area contributed by atoms with Crippen molar-refractivity contribution in [3.05, 3.63) is 113 Å². The van der Waals surface area contributed by atoms with Crippen LogP contribution in [0.5, 0.6) is 11.8 Å². The molecule has 0 amide bonds. The molecule has 0 aliphatic carbocycles. The third kappa shape index (κ3) is 5.03. The van der Waals surface area contributed by atoms with Crippen molar-refractivity contribution in [1.82, 2.24) is 9.97 Å². The molecule has 2 heterocycles. The lowest BCUT2D eigenvalue weighted by atomic mass is 10.0. The monoisotopic (exact) mass is 422 g/mol. The van der Waals surface area contributed by atoms with E-state index in [2.05, 4.69) is 18.5 Å². The summed E-state index contributed by atoms with van der Waals surface area (Å²) in [6.07, 6.45) is 1.84. The normalized spacial score (nSPS) is 10.6. The van der Waals surface area contributed by atoms with Crippen LogP contribution in [0.4, 0.5) is 0 Å². The zero-order valence-electron chi connectivity index (χ0n) is 18.4. The molecule has 4 aromatic rings. The van der Waals surface area contributed by atoms with Gasteiger partial charge in [-0.1, -0.05) is 73.3 Å². The number of ether oxygens (including phenoxy) is 2. The van der Waals surface area contributed by atoms with E-state index in [9.17, 15) is 0 Å². The first-order valence-corrected chi connectivity index (χ1v) is 10.6. The number of aromatic nitrogens is 2. The van der Waals surface area contributed by atoms with E-state index in [1.54, 1.807) is 0 Å². The Balaban J connectivity index is 1.65. The smallest absolute Gasteiger partial charge is 0.226 e. The van der Waals surface area contributed by atoms with Gasteiger partial charge in [0.1, 0.15) is 13.2 Å². The molecule has 0 aliphatic rings. The number of hydrogen-bond acceptors (Lipinski definition) is 4. The second-order valence-electron chi connectivity index (χ2n) is 7.58. The Bertz CT molecular complexity index is 1180. The maximum Gasteiger partial charge on any atom is 0.226 e. The number of rotatable bonds is 8. The minimum atomic E-state index is 0.408. The molecule has 0 fully saturated rings. The first-order valence-electron chi connectivity index (χ1n) is 10.6. The van der Waals surface area contributed by atoms with E-state index in [0.717, 1.165) is 39.2 Å². The van der Waals surface area contributed by atoms with Crippen LogP contribution in [-0.4, -0.2) is 9.97 Å². The lowest BCUT2D eigenvalue weighted by Gasteiger charge is -2.14. The Morgan fingerprint density at radius 2 is 1.41 bits per heavy atom. The lowest BCUT2D eigenvalue weighted by molar-refractivity contribution is 0.268. The molecule has 0 radical (unpaired) electrons. The van der Waals surface area contributed by atoms with Crippen molar-refractivity contribution < 1.29 is 9.47 Å². The highest BCUT2D eigenvalue weighted by molar-refractivity contribution is 5.69. The summed E-state index contributed by atoms with van der Waals surface area (Å²) in [5.41, 5.74) is 6.88. The van der Waals surface area contributed by atoms with Crippen LogP contribution in [0.15, 0.2) is 85.4 Å². The van der Waals surface area contributed by atoms with Gasteiger partial charge in [0.25, 0.3) is 0 Å². The van der Waals surface area contributed by atoms with E-state index >= 15 is 0 Å². The second-order valence-corrected chi connectivity index (χ2v) is 7.58. The van der Waals surface area contributed by atoms with Gasteiger partial charge in [-0.05, 0) is 48.2 Å². The summed E-state index contributed by atoms with van der Waals surface area (Å²) in [5, 5.41) is 0. The van der Waals surface area contributed by atoms with E-state index in [0.29, 0.717) is 25.0 Å². The van der Waals surface area contributed by atoms with Gasteiger partial charge in [0.05, 0.1) is 11.3 Å². The number of hydrogen-bond donors (Lipinski definition) is 0. The molecule has 2 aromatic heterocycles. The Hall–Kier alpha value is -3.92. The van der Waals surface area contributed by atoms with E-state index in [4.69, 9.17) is 14.5 Å². The maximum absolute atomic E-state index is 6.16. The molecular formula is C28H26N2O2. The first kappa shape index (κ1) is 21.3. The van der Waals surface area contributed by atoms with Crippen molar-refractivity contribution in [3.8, 4) is 23.0 Å². The van der Waals surface area contributed by atoms with Crippen molar-refractivity contribution in [2.75, 3.05) is 0 Å². The van der Waals surface area contributed by atoms with Crippen molar-refractivity contribution in [2.45, 2.75) is 27.1 Å². The van der Waals surface area contributed by atoms with E-state index in [-0.39, 0.29) is 0 Å². The fraction of sp³-hybridized carbons (Fsp3) is 0.143. The van der Waals surface area contributed by atoms with Crippen LogP contribution in [0.3, 0.4) is 0 Å². The van der Waals surface area contributed by atoms with Crippen LogP contribution in [0.25, 0.3) is 17.3 Å². The quantitative estimate of drug-likeness (QED) is 0.322. The summed E-state index contributed by atoms with van der Waals surface area (Å²) in [7, 11) is 0. The van der Waals surface area contributed by atoms with Crippen LogP contribution in [0.1, 0.15) is 27.9 Å². The zero-order chi connectivity index (χ0) is 22.3. The van der Waals surface area contributed by atoms with Gasteiger partial charge in [-0.2, -0.15) is 4.98 Å². The van der Waals surface area contributed by atoms with Gasteiger partial charge in [-0.25, -0.2) is 0 Å². The molecule has 32 heavy (non-hydrogen) atoms. The molecule has 0 bridgehead atoms. The maximum atomic E-state index is 6.16. The molecule has 0 N–H and O–H groups in total. The van der Waals surface area contributed by atoms with Crippen LogP contribution in [0, 0.1) is 13.8 Å².